The SMILES string of the molecule is Cc1ccc(C(=O)N2CCCC(C(=O)Nc3ccc(-n4nc(C)cc4C)nc3)C2)cc1. The molecule has 1 N–H and O–H groups in total. The Labute approximate surface area is 182 Å². The van der Waals surface area contributed by atoms with Crippen molar-refractivity contribution in [2.24, 2.45) is 5.92 Å². The van der Waals surface area contributed by atoms with Crippen molar-refractivity contribution in [3.8, 4) is 5.82 Å². The van der Waals surface area contributed by atoms with Crippen LogP contribution < -0.4 is 5.32 Å². The molecule has 1 aliphatic heterocycles. The molecule has 4 rings (SSSR count). The highest BCUT2D eigenvalue weighted by Crippen LogP contribution is 2.21. The molecule has 0 bridgehead atoms. The predicted molar refractivity (Wildman–Crippen MR) is 119 cm³/mol. The third-order valence-corrected chi connectivity index (χ3v) is 5.62. The van der Waals surface area contributed by atoms with Crippen LogP contribution in [0.5, 0.6) is 0 Å². The maximum Gasteiger partial charge on any atom is 0.253 e. The molecule has 7 nitrogen and oxygen atoms in total. The van der Waals surface area contributed by atoms with E-state index in [1.165, 1.54) is 0 Å². The third-order valence-electron chi connectivity index (χ3n) is 5.62. The number of rotatable bonds is 4. The summed E-state index contributed by atoms with van der Waals surface area (Å²) in [4.78, 5) is 31.9. The summed E-state index contributed by atoms with van der Waals surface area (Å²) in [5.74, 6) is 0.366. The molecule has 2 amide bonds. The number of benzene rings is 1. The van der Waals surface area contributed by atoms with E-state index in [0.29, 0.717) is 30.2 Å². The Morgan fingerprint density at radius 1 is 1.06 bits per heavy atom. The minimum absolute atomic E-state index is 0.0200. The Hall–Kier alpha value is -3.48. The molecule has 3 heterocycles. The zero-order valence-electron chi connectivity index (χ0n) is 18.1. The van der Waals surface area contributed by atoms with Crippen LogP contribution in [0.1, 0.15) is 40.2 Å². The largest absolute Gasteiger partial charge is 0.338 e. The lowest BCUT2D eigenvalue weighted by Crippen LogP contribution is -2.43. The molecule has 1 unspecified atom stereocenters. The number of hydrogen-bond acceptors (Lipinski definition) is 4. The Balaban J connectivity index is 1.39. The van der Waals surface area contributed by atoms with Crippen LogP contribution in [0.2, 0.25) is 0 Å². The van der Waals surface area contributed by atoms with Crippen LogP contribution in [-0.2, 0) is 4.79 Å². The summed E-state index contributed by atoms with van der Waals surface area (Å²) in [6.45, 7) is 7.01. The molecule has 0 saturated carbocycles. The van der Waals surface area contributed by atoms with E-state index in [0.717, 1.165) is 29.8 Å². The fourth-order valence-corrected chi connectivity index (χ4v) is 3.94. The molecule has 1 aromatic carbocycles. The van der Waals surface area contributed by atoms with Gasteiger partial charge in [-0.2, -0.15) is 5.10 Å². The molecule has 0 aliphatic carbocycles. The van der Waals surface area contributed by atoms with Gasteiger partial charge in [0.25, 0.3) is 5.91 Å². The summed E-state index contributed by atoms with van der Waals surface area (Å²) >= 11 is 0. The van der Waals surface area contributed by atoms with Gasteiger partial charge >= 0.3 is 0 Å². The second-order valence-corrected chi connectivity index (χ2v) is 8.19. The highest BCUT2D eigenvalue weighted by atomic mass is 16.2. The van der Waals surface area contributed by atoms with Gasteiger partial charge in [0.2, 0.25) is 5.91 Å². The molecule has 0 radical (unpaired) electrons. The van der Waals surface area contributed by atoms with Crippen molar-refractivity contribution >= 4 is 17.5 Å². The minimum Gasteiger partial charge on any atom is -0.338 e. The van der Waals surface area contributed by atoms with Crippen LogP contribution in [0.15, 0.2) is 48.7 Å². The molecule has 1 aliphatic rings. The van der Waals surface area contributed by atoms with E-state index in [1.807, 2.05) is 63.2 Å². The van der Waals surface area contributed by atoms with E-state index in [2.05, 4.69) is 15.4 Å². The predicted octanol–water partition coefficient (Wildman–Crippen LogP) is 3.68. The van der Waals surface area contributed by atoms with Crippen molar-refractivity contribution in [2.75, 3.05) is 18.4 Å². The van der Waals surface area contributed by atoms with Gasteiger partial charge in [-0.15, -0.1) is 0 Å². The van der Waals surface area contributed by atoms with Crippen molar-refractivity contribution in [3.63, 3.8) is 0 Å². The molecule has 0 spiro atoms. The number of nitrogens with zero attached hydrogens (tertiary/aromatic N) is 4. The normalized spacial score (nSPS) is 16.2. The molecule has 160 valence electrons. The number of carbonyl (C=O) groups excluding carboxylic acids is 2. The number of anilines is 1. The lowest BCUT2D eigenvalue weighted by Gasteiger charge is -2.32. The fraction of sp³-hybridized carbons (Fsp3) is 0.333. The summed E-state index contributed by atoms with van der Waals surface area (Å²) in [7, 11) is 0. The zero-order chi connectivity index (χ0) is 22.0. The van der Waals surface area contributed by atoms with Crippen LogP contribution in [0, 0.1) is 26.7 Å². The summed E-state index contributed by atoms with van der Waals surface area (Å²) in [6.07, 6.45) is 3.22. The van der Waals surface area contributed by atoms with E-state index in [-0.39, 0.29) is 17.7 Å². The maximum absolute atomic E-state index is 12.8. The van der Waals surface area contributed by atoms with Crippen LogP contribution in [0.4, 0.5) is 5.69 Å². The highest BCUT2D eigenvalue weighted by molar-refractivity contribution is 5.96. The van der Waals surface area contributed by atoms with Crippen molar-refractivity contribution in [3.05, 3.63) is 71.2 Å². The molecular formula is C24H27N5O2. The number of aromatic nitrogens is 3. The Morgan fingerprint density at radius 3 is 2.48 bits per heavy atom. The van der Waals surface area contributed by atoms with Gasteiger partial charge in [-0.05, 0) is 63.9 Å². The number of hydrogen-bond donors (Lipinski definition) is 1. The second-order valence-electron chi connectivity index (χ2n) is 8.19. The average Bonchev–Trinajstić information content (AvgIpc) is 3.12. The number of piperidine rings is 1. The second kappa shape index (κ2) is 8.71. The number of aryl methyl sites for hydroxylation is 3. The van der Waals surface area contributed by atoms with Crippen LogP contribution in [0.25, 0.3) is 5.82 Å². The van der Waals surface area contributed by atoms with E-state index in [4.69, 9.17) is 0 Å². The minimum atomic E-state index is -0.237. The van der Waals surface area contributed by atoms with Gasteiger partial charge in [-0.1, -0.05) is 17.7 Å². The number of pyridine rings is 1. The maximum atomic E-state index is 12.8. The fourth-order valence-electron chi connectivity index (χ4n) is 3.94. The monoisotopic (exact) mass is 417 g/mol. The first kappa shape index (κ1) is 20.8. The van der Waals surface area contributed by atoms with E-state index < -0.39 is 0 Å². The molecule has 31 heavy (non-hydrogen) atoms. The summed E-state index contributed by atoms with van der Waals surface area (Å²) < 4.78 is 1.77. The summed E-state index contributed by atoms with van der Waals surface area (Å²) in [5.41, 5.74) is 4.35. The molecular weight excluding hydrogens is 390 g/mol. The third kappa shape index (κ3) is 4.66. The van der Waals surface area contributed by atoms with Gasteiger partial charge in [-0.3, -0.25) is 9.59 Å². The Bertz CT molecular complexity index is 1090. The van der Waals surface area contributed by atoms with Gasteiger partial charge in [-0.25, -0.2) is 9.67 Å². The van der Waals surface area contributed by atoms with Crippen molar-refractivity contribution in [1.29, 1.82) is 0 Å². The number of carbonyl (C=O) groups is 2. The van der Waals surface area contributed by atoms with Gasteiger partial charge in [0.1, 0.15) is 0 Å². The molecule has 1 saturated heterocycles. The summed E-state index contributed by atoms with van der Waals surface area (Å²) in [6, 6.07) is 13.2. The van der Waals surface area contributed by atoms with E-state index >= 15 is 0 Å². The number of amides is 2. The van der Waals surface area contributed by atoms with Crippen molar-refractivity contribution in [2.45, 2.75) is 33.6 Å². The first-order valence-electron chi connectivity index (χ1n) is 10.6. The molecule has 1 atom stereocenters. The number of nitrogens with one attached hydrogen (secondary N) is 1. The molecule has 3 aromatic rings. The average molecular weight is 418 g/mol. The first-order valence-corrected chi connectivity index (χ1v) is 10.6. The van der Waals surface area contributed by atoms with E-state index in [9.17, 15) is 9.59 Å². The van der Waals surface area contributed by atoms with Gasteiger partial charge in [0.15, 0.2) is 5.82 Å². The standard InChI is InChI=1S/C24H27N5O2/c1-16-6-8-19(9-7-16)24(31)28-12-4-5-20(15-28)23(30)26-21-10-11-22(25-14-21)29-18(3)13-17(2)27-29/h6-11,13-14,20H,4-5,12,15H2,1-3H3,(H,26,30). The van der Waals surface area contributed by atoms with Crippen LogP contribution in [-0.4, -0.2) is 44.6 Å². The lowest BCUT2D eigenvalue weighted by molar-refractivity contribution is -0.121. The molecule has 2 aromatic heterocycles. The topological polar surface area (TPSA) is 80.1 Å². The quantitative estimate of drug-likeness (QED) is 0.702. The molecule has 7 heteroatoms. The smallest absolute Gasteiger partial charge is 0.253 e. The van der Waals surface area contributed by atoms with Crippen LogP contribution >= 0.6 is 0 Å². The van der Waals surface area contributed by atoms with Gasteiger partial charge < -0.3 is 10.2 Å². The van der Waals surface area contributed by atoms with E-state index in [1.54, 1.807) is 15.8 Å². The van der Waals surface area contributed by atoms with Gasteiger partial charge in [0.05, 0.1) is 23.5 Å². The number of likely N-dealkylation sites (tertiary alicyclic amines) is 1. The lowest BCUT2D eigenvalue weighted by atomic mass is 9.96. The summed E-state index contributed by atoms with van der Waals surface area (Å²) in [5, 5.41) is 7.38. The van der Waals surface area contributed by atoms with Gasteiger partial charge in [0, 0.05) is 24.3 Å². The zero-order valence-corrected chi connectivity index (χ0v) is 18.1. The van der Waals surface area contributed by atoms with Crippen LogP contribution in [0.3, 0.4) is 0 Å². The Morgan fingerprint density at radius 2 is 1.84 bits per heavy atom. The first-order chi connectivity index (χ1) is 14.9. The molecule has 1 fully saturated rings. The van der Waals surface area contributed by atoms with Crippen molar-refractivity contribution < 1.29 is 9.59 Å². The Kier molecular flexibility index (Phi) is 5.84. The van der Waals surface area contributed by atoms with Crippen molar-refractivity contribution in [1.82, 2.24) is 19.7 Å². The highest BCUT2D eigenvalue weighted by Gasteiger charge is 2.29.